The molecule has 1 aromatic rings. The van der Waals surface area contributed by atoms with E-state index in [4.69, 9.17) is 5.11 Å². The highest BCUT2D eigenvalue weighted by molar-refractivity contribution is 5.49. The quantitative estimate of drug-likeness (QED) is 0.675. The first-order chi connectivity index (χ1) is 5.74. The van der Waals surface area contributed by atoms with Crippen LogP contribution in [0, 0.1) is 12.7 Å². The van der Waals surface area contributed by atoms with Crippen molar-refractivity contribution in [3.8, 4) is 0 Å². The van der Waals surface area contributed by atoms with E-state index in [9.17, 15) is 4.39 Å². The Kier molecular flexibility index (Phi) is 5.04. The average Bonchev–Trinajstić information content (AvgIpc) is 2.08. The maximum atomic E-state index is 12.5. The minimum Gasteiger partial charge on any atom is -0.400 e. The van der Waals surface area contributed by atoms with E-state index in [1.54, 1.807) is 6.07 Å². The number of anilines is 1. The minimum absolute atomic E-state index is 0.184. The van der Waals surface area contributed by atoms with Crippen molar-refractivity contribution >= 4 is 5.69 Å². The molecule has 68 valence electrons. The van der Waals surface area contributed by atoms with Gasteiger partial charge in [0.05, 0.1) is 0 Å². The Morgan fingerprint density at radius 3 is 2.33 bits per heavy atom. The molecule has 12 heavy (non-hydrogen) atoms. The predicted molar refractivity (Wildman–Crippen MR) is 48.8 cm³/mol. The summed E-state index contributed by atoms with van der Waals surface area (Å²) in [6.45, 7) is 1.87. The predicted octanol–water partition coefficient (Wildman–Crippen LogP) is 1.78. The summed E-state index contributed by atoms with van der Waals surface area (Å²) in [7, 11) is 2.82. The molecule has 1 aromatic carbocycles. The highest BCUT2D eigenvalue weighted by atomic mass is 19.1. The van der Waals surface area contributed by atoms with Gasteiger partial charge in [0.2, 0.25) is 0 Å². The van der Waals surface area contributed by atoms with Gasteiger partial charge < -0.3 is 10.4 Å². The van der Waals surface area contributed by atoms with Gasteiger partial charge in [-0.15, -0.1) is 0 Å². The van der Waals surface area contributed by atoms with E-state index in [-0.39, 0.29) is 5.82 Å². The van der Waals surface area contributed by atoms with Crippen LogP contribution in [0.2, 0.25) is 0 Å². The number of hydrogen-bond acceptors (Lipinski definition) is 2. The minimum atomic E-state index is -0.184. The molecule has 0 aromatic heterocycles. The molecule has 0 aliphatic rings. The van der Waals surface area contributed by atoms with Crippen molar-refractivity contribution in [2.24, 2.45) is 0 Å². The number of rotatable bonds is 1. The summed E-state index contributed by atoms with van der Waals surface area (Å²) in [4.78, 5) is 0. The molecular formula is C9H14FNO. The molecule has 2 N–H and O–H groups in total. The lowest BCUT2D eigenvalue weighted by atomic mass is 10.2. The first kappa shape index (κ1) is 10.9. The van der Waals surface area contributed by atoms with Crippen LogP contribution in [0.4, 0.5) is 10.1 Å². The Hall–Kier alpha value is -1.09. The molecule has 0 spiro atoms. The molecule has 0 radical (unpaired) electrons. The summed E-state index contributed by atoms with van der Waals surface area (Å²) in [6, 6.07) is 4.68. The summed E-state index contributed by atoms with van der Waals surface area (Å²) < 4.78 is 12.5. The Morgan fingerprint density at radius 2 is 1.92 bits per heavy atom. The number of hydrogen-bond donors (Lipinski definition) is 2. The molecule has 1 rings (SSSR count). The molecule has 0 saturated heterocycles. The second kappa shape index (κ2) is 5.55. The fraction of sp³-hybridized carbons (Fsp3) is 0.333. The fourth-order valence-electron chi connectivity index (χ4n) is 0.908. The van der Waals surface area contributed by atoms with E-state index in [0.717, 1.165) is 18.4 Å². The van der Waals surface area contributed by atoms with Crippen LogP contribution < -0.4 is 5.32 Å². The van der Waals surface area contributed by atoms with Crippen LogP contribution in [-0.4, -0.2) is 19.3 Å². The number of aliphatic hydroxyl groups excluding tert-OH is 1. The van der Waals surface area contributed by atoms with Gasteiger partial charge in [-0.1, -0.05) is 0 Å². The highest BCUT2D eigenvalue weighted by Crippen LogP contribution is 2.13. The van der Waals surface area contributed by atoms with Gasteiger partial charge in [0, 0.05) is 19.8 Å². The van der Waals surface area contributed by atoms with Crippen molar-refractivity contribution in [1.29, 1.82) is 0 Å². The molecule has 0 heterocycles. The van der Waals surface area contributed by atoms with Gasteiger partial charge in [0.1, 0.15) is 5.82 Å². The summed E-state index contributed by atoms with van der Waals surface area (Å²) in [5.41, 5.74) is 1.91. The zero-order chi connectivity index (χ0) is 9.56. The molecular weight excluding hydrogens is 157 g/mol. The molecule has 0 atom stereocenters. The lowest BCUT2D eigenvalue weighted by molar-refractivity contribution is 0.399. The van der Waals surface area contributed by atoms with Crippen LogP contribution in [0.1, 0.15) is 5.56 Å². The van der Waals surface area contributed by atoms with Crippen LogP contribution in [0.3, 0.4) is 0 Å². The summed E-state index contributed by atoms with van der Waals surface area (Å²) in [6.07, 6.45) is 0. The van der Waals surface area contributed by atoms with Crippen LogP contribution in [0.25, 0.3) is 0 Å². The zero-order valence-corrected chi connectivity index (χ0v) is 7.56. The number of nitrogens with one attached hydrogen (secondary N) is 1. The van der Waals surface area contributed by atoms with Gasteiger partial charge in [-0.25, -0.2) is 4.39 Å². The van der Waals surface area contributed by atoms with Crippen LogP contribution >= 0.6 is 0 Å². The second-order valence-electron chi connectivity index (χ2n) is 2.21. The van der Waals surface area contributed by atoms with E-state index < -0.39 is 0 Å². The Labute approximate surface area is 72.0 Å². The maximum absolute atomic E-state index is 12.5. The van der Waals surface area contributed by atoms with E-state index in [0.29, 0.717) is 0 Å². The molecule has 0 unspecified atom stereocenters. The van der Waals surface area contributed by atoms with Crippen molar-refractivity contribution in [2.75, 3.05) is 19.5 Å². The average molecular weight is 171 g/mol. The molecule has 0 bridgehead atoms. The lowest BCUT2D eigenvalue weighted by Gasteiger charge is -2.02. The van der Waals surface area contributed by atoms with Gasteiger partial charge in [0.15, 0.2) is 0 Å². The van der Waals surface area contributed by atoms with Crippen LogP contribution in [0.15, 0.2) is 18.2 Å². The number of aryl methyl sites for hydroxylation is 1. The Morgan fingerprint density at radius 1 is 1.33 bits per heavy atom. The van der Waals surface area contributed by atoms with Crippen LogP contribution in [0.5, 0.6) is 0 Å². The SMILES string of the molecule is CNc1ccc(F)cc1C.CO. The number of benzene rings is 1. The van der Waals surface area contributed by atoms with E-state index in [1.807, 2.05) is 14.0 Å². The van der Waals surface area contributed by atoms with Crippen molar-refractivity contribution < 1.29 is 9.50 Å². The molecule has 2 nitrogen and oxygen atoms in total. The second-order valence-corrected chi connectivity index (χ2v) is 2.21. The first-order valence-corrected chi connectivity index (χ1v) is 3.62. The largest absolute Gasteiger partial charge is 0.400 e. The van der Waals surface area contributed by atoms with E-state index >= 15 is 0 Å². The maximum Gasteiger partial charge on any atom is 0.123 e. The molecule has 0 saturated carbocycles. The summed E-state index contributed by atoms with van der Waals surface area (Å²) in [5.74, 6) is -0.184. The first-order valence-electron chi connectivity index (χ1n) is 3.62. The number of aliphatic hydroxyl groups is 1. The third-order valence-electron chi connectivity index (χ3n) is 1.46. The molecule has 0 aliphatic heterocycles. The van der Waals surface area contributed by atoms with Gasteiger partial charge >= 0.3 is 0 Å². The van der Waals surface area contributed by atoms with Crippen molar-refractivity contribution in [3.63, 3.8) is 0 Å². The van der Waals surface area contributed by atoms with Gasteiger partial charge in [-0.2, -0.15) is 0 Å². The molecule has 0 aliphatic carbocycles. The van der Waals surface area contributed by atoms with Gasteiger partial charge in [-0.05, 0) is 30.7 Å². The third kappa shape index (κ3) is 2.88. The van der Waals surface area contributed by atoms with E-state index in [2.05, 4.69) is 5.32 Å². The number of halogens is 1. The fourth-order valence-corrected chi connectivity index (χ4v) is 0.908. The third-order valence-corrected chi connectivity index (χ3v) is 1.46. The van der Waals surface area contributed by atoms with Crippen molar-refractivity contribution in [2.45, 2.75) is 6.92 Å². The molecule has 0 fully saturated rings. The summed E-state index contributed by atoms with van der Waals surface area (Å²) in [5, 5.41) is 9.96. The smallest absolute Gasteiger partial charge is 0.123 e. The Balaban J connectivity index is 0.000000561. The summed E-state index contributed by atoms with van der Waals surface area (Å²) >= 11 is 0. The lowest BCUT2D eigenvalue weighted by Crippen LogP contribution is -1.91. The monoisotopic (exact) mass is 171 g/mol. The highest BCUT2D eigenvalue weighted by Gasteiger charge is 1.95. The van der Waals surface area contributed by atoms with Crippen molar-refractivity contribution in [1.82, 2.24) is 0 Å². The normalized spacial score (nSPS) is 8.42. The van der Waals surface area contributed by atoms with E-state index in [1.165, 1.54) is 12.1 Å². The topological polar surface area (TPSA) is 32.3 Å². The Bertz CT molecular complexity index is 238. The van der Waals surface area contributed by atoms with Crippen molar-refractivity contribution in [3.05, 3.63) is 29.6 Å². The molecule has 3 heteroatoms. The molecule has 0 amide bonds. The van der Waals surface area contributed by atoms with Gasteiger partial charge in [0.25, 0.3) is 0 Å². The van der Waals surface area contributed by atoms with Gasteiger partial charge in [-0.3, -0.25) is 0 Å². The van der Waals surface area contributed by atoms with Crippen LogP contribution in [-0.2, 0) is 0 Å². The standard InChI is InChI=1S/C8H10FN.CH4O/c1-6-5-7(9)3-4-8(6)10-2;1-2/h3-5,10H,1-2H3;2H,1H3. The zero-order valence-electron chi connectivity index (χ0n) is 7.56.